The van der Waals surface area contributed by atoms with Crippen LogP contribution in [0.25, 0.3) is 10.2 Å². The molecule has 3 aromatic rings. The topological polar surface area (TPSA) is 98.0 Å². The van der Waals surface area contributed by atoms with Gasteiger partial charge in [-0.05, 0) is 24.4 Å². The molecular formula is C15H12N4O3S2. The number of fused-ring (bicyclic) bond motifs is 1. The Morgan fingerprint density at radius 3 is 3.00 bits per heavy atom. The molecular weight excluding hydrogens is 348 g/mol. The van der Waals surface area contributed by atoms with Gasteiger partial charge in [0.15, 0.2) is 0 Å². The molecule has 0 fully saturated rings. The average Bonchev–Trinajstić information content (AvgIpc) is 3.04. The number of benzene rings is 1. The van der Waals surface area contributed by atoms with Gasteiger partial charge in [-0.15, -0.1) is 11.3 Å². The maximum Gasteiger partial charge on any atom is 0.271 e. The largest absolute Gasteiger partial charge is 0.325 e. The summed E-state index contributed by atoms with van der Waals surface area (Å²) < 4.78 is 0. The van der Waals surface area contributed by atoms with Crippen LogP contribution in [0.15, 0.2) is 47.1 Å². The fraction of sp³-hybridized carbons (Fsp3) is 0.133. The Balaban J connectivity index is 1.72. The minimum Gasteiger partial charge on any atom is -0.325 e. The molecule has 1 amide bonds. The van der Waals surface area contributed by atoms with Gasteiger partial charge in [0.05, 0.1) is 10.2 Å². The van der Waals surface area contributed by atoms with Crippen molar-refractivity contribution in [1.29, 1.82) is 0 Å². The maximum absolute atomic E-state index is 12.3. The van der Waals surface area contributed by atoms with Crippen LogP contribution in [0.5, 0.6) is 0 Å². The van der Waals surface area contributed by atoms with Crippen molar-refractivity contribution in [2.45, 2.75) is 17.2 Å². The number of nitrogens with zero attached hydrogens (tertiary/aromatic N) is 3. The van der Waals surface area contributed by atoms with Crippen LogP contribution in [0.1, 0.15) is 6.92 Å². The SMILES string of the molecule is C[C@H](Sc1ncnc2sccc12)C(=O)Nc1cccc([N+](=O)[O-])c1. The van der Waals surface area contributed by atoms with Crippen molar-refractivity contribution in [3.05, 3.63) is 52.2 Å². The molecule has 0 aliphatic heterocycles. The lowest BCUT2D eigenvalue weighted by atomic mass is 10.2. The Morgan fingerprint density at radius 1 is 1.38 bits per heavy atom. The van der Waals surface area contributed by atoms with Crippen LogP contribution in [0.3, 0.4) is 0 Å². The molecule has 0 aliphatic rings. The molecule has 1 aromatic carbocycles. The molecule has 1 N–H and O–H groups in total. The van der Waals surface area contributed by atoms with Crippen LogP contribution in [-0.4, -0.2) is 26.0 Å². The molecule has 0 spiro atoms. The van der Waals surface area contributed by atoms with Gasteiger partial charge in [0, 0.05) is 23.2 Å². The van der Waals surface area contributed by atoms with E-state index in [-0.39, 0.29) is 11.6 Å². The number of amides is 1. The van der Waals surface area contributed by atoms with Gasteiger partial charge in [0.1, 0.15) is 16.2 Å². The lowest BCUT2D eigenvalue weighted by Gasteiger charge is -2.11. The summed E-state index contributed by atoms with van der Waals surface area (Å²) in [6.45, 7) is 1.76. The van der Waals surface area contributed by atoms with E-state index in [1.54, 1.807) is 13.0 Å². The lowest BCUT2D eigenvalue weighted by Crippen LogP contribution is -2.22. The highest BCUT2D eigenvalue weighted by molar-refractivity contribution is 8.00. The lowest BCUT2D eigenvalue weighted by molar-refractivity contribution is -0.384. The summed E-state index contributed by atoms with van der Waals surface area (Å²) in [5, 5.41) is 16.7. The zero-order valence-electron chi connectivity index (χ0n) is 12.5. The first-order valence-electron chi connectivity index (χ1n) is 6.95. The van der Waals surface area contributed by atoms with E-state index in [0.29, 0.717) is 5.69 Å². The number of hydrogen-bond donors (Lipinski definition) is 1. The number of carbonyl (C=O) groups is 1. The van der Waals surface area contributed by atoms with Gasteiger partial charge in [-0.1, -0.05) is 17.8 Å². The number of nitrogens with one attached hydrogen (secondary N) is 1. The molecule has 0 bridgehead atoms. The van der Waals surface area contributed by atoms with Crippen LogP contribution in [0, 0.1) is 10.1 Å². The van der Waals surface area contributed by atoms with Crippen molar-refractivity contribution in [1.82, 2.24) is 9.97 Å². The van der Waals surface area contributed by atoms with E-state index in [4.69, 9.17) is 0 Å². The first kappa shape index (κ1) is 16.3. The van der Waals surface area contributed by atoms with Crippen LogP contribution < -0.4 is 5.32 Å². The molecule has 24 heavy (non-hydrogen) atoms. The van der Waals surface area contributed by atoms with Crippen LogP contribution in [0.4, 0.5) is 11.4 Å². The number of thioether (sulfide) groups is 1. The molecule has 7 nitrogen and oxygen atoms in total. The van der Waals surface area contributed by atoms with Gasteiger partial charge in [0.25, 0.3) is 5.69 Å². The summed E-state index contributed by atoms with van der Waals surface area (Å²) in [4.78, 5) is 31.9. The number of anilines is 1. The molecule has 0 saturated heterocycles. The highest BCUT2D eigenvalue weighted by Gasteiger charge is 2.18. The van der Waals surface area contributed by atoms with Crippen LogP contribution in [0.2, 0.25) is 0 Å². The third kappa shape index (κ3) is 3.52. The molecule has 2 heterocycles. The van der Waals surface area contributed by atoms with Gasteiger partial charge in [-0.2, -0.15) is 0 Å². The fourth-order valence-electron chi connectivity index (χ4n) is 2.02. The molecule has 1 atom stereocenters. The monoisotopic (exact) mass is 360 g/mol. The van der Waals surface area contributed by atoms with Gasteiger partial charge < -0.3 is 5.32 Å². The Bertz CT molecular complexity index is 912. The fourth-order valence-corrected chi connectivity index (χ4v) is 3.72. The van der Waals surface area contributed by atoms with E-state index in [1.165, 1.54) is 47.6 Å². The number of nitro benzene ring substituents is 1. The highest BCUT2D eigenvalue weighted by Crippen LogP contribution is 2.30. The molecule has 0 unspecified atom stereocenters. The van der Waals surface area contributed by atoms with Crippen molar-refractivity contribution >= 4 is 50.6 Å². The quantitative estimate of drug-likeness (QED) is 0.322. The van der Waals surface area contributed by atoms with Gasteiger partial charge in [-0.3, -0.25) is 14.9 Å². The summed E-state index contributed by atoms with van der Waals surface area (Å²) in [5.41, 5.74) is 0.328. The standard InChI is InChI=1S/C15H12N4O3S2/c1-9(24-15-12-5-6-23-14(12)16-8-17-15)13(20)18-10-3-2-4-11(7-10)19(21)22/h2-9H,1H3,(H,18,20)/t9-/m0/s1. The smallest absolute Gasteiger partial charge is 0.271 e. The number of nitro groups is 1. The minimum absolute atomic E-state index is 0.0658. The first-order valence-corrected chi connectivity index (χ1v) is 8.70. The minimum atomic E-state index is -0.498. The number of rotatable bonds is 5. The number of aromatic nitrogens is 2. The Labute approximate surface area is 145 Å². The van der Waals surface area contributed by atoms with Crippen LogP contribution in [-0.2, 0) is 4.79 Å². The summed E-state index contributed by atoms with van der Waals surface area (Å²) in [6, 6.07) is 7.78. The molecule has 122 valence electrons. The van der Waals surface area contributed by atoms with Gasteiger partial charge >= 0.3 is 0 Å². The van der Waals surface area contributed by atoms with E-state index in [1.807, 2.05) is 11.4 Å². The third-order valence-corrected chi connectivity index (χ3v) is 5.14. The molecule has 3 rings (SSSR count). The second-order valence-corrected chi connectivity index (χ2v) is 7.10. The Morgan fingerprint density at radius 2 is 2.21 bits per heavy atom. The number of thiophene rings is 1. The van der Waals surface area contributed by atoms with Gasteiger partial charge in [0.2, 0.25) is 5.91 Å². The van der Waals surface area contributed by atoms with E-state index in [2.05, 4.69) is 15.3 Å². The molecule has 0 aliphatic carbocycles. The summed E-state index contributed by atoms with van der Waals surface area (Å²) in [5.74, 6) is -0.248. The highest BCUT2D eigenvalue weighted by atomic mass is 32.2. The number of carbonyl (C=O) groups excluding carboxylic acids is 1. The predicted molar refractivity (Wildman–Crippen MR) is 94.5 cm³/mol. The number of non-ortho nitro benzene ring substituents is 1. The normalized spacial score (nSPS) is 12.0. The molecule has 2 aromatic heterocycles. The second-order valence-electron chi connectivity index (χ2n) is 4.88. The predicted octanol–water partition coefficient (Wildman–Crippen LogP) is 3.72. The van der Waals surface area contributed by atoms with E-state index >= 15 is 0 Å². The van der Waals surface area contributed by atoms with Crippen LogP contribution >= 0.6 is 23.1 Å². The van der Waals surface area contributed by atoms with Crippen molar-refractivity contribution in [3.8, 4) is 0 Å². The summed E-state index contributed by atoms with van der Waals surface area (Å²) in [7, 11) is 0. The molecule has 9 heteroatoms. The molecule has 0 radical (unpaired) electrons. The van der Waals surface area contributed by atoms with E-state index in [9.17, 15) is 14.9 Å². The van der Waals surface area contributed by atoms with Crippen molar-refractivity contribution in [3.63, 3.8) is 0 Å². The number of hydrogen-bond acceptors (Lipinski definition) is 7. The summed E-state index contributed by atoms with van der Waals surface area (Å²) >= 11 is 2.84. The Hall–Kier alpha value is -2.52. The second kappa shape index (κ2) is 6.93. The van der Waals surface area contributed by atoms with E-state index < -0.39 is 10.2 Å². The maximum atomic E-state index is 12.3. The summed E-state index contributed by atoms with van der Waals surface area (Å²) in [6.07, 6.45) is 1.48. The van der Waals surface area contributed by atoms with Crippen molar-refractivity contribution < 1.29 is 9.72 Å². The zero-order chi connectivity index (χ0) is 17.1. The van der Waals surface area contributed by atoms with Crippen molar-refractivity contribution in [2.75, 3.05) is 5.32 Å². The molecule has 0 saturated carbocycles. The zero-order valence-corrected chi connectivity index (χ0v) is 14.1. The average molecular weight is 360 g/mol. The van der Waals surface area contributed by atoms with E-state index in [0.717, 1.165) is 15.2 Å². The van der Waals surface area contributed by atoms with Gasteiger partial charge in [-0.25, -0.2) is 9.97 Å². The first-order chi connectivity index (χ1) is 11.5. The van der Waals surface area contributed by atoms with Crippen molar-refractivity contribution in [2.24, 2.45) is 0 Å². The Kier molecular flexibility index (Phi) is 4.72. The third-order valence-electron chi connectivity index (χ3n) is 3.21.